The zero-order chi connectivity index (χ0) is 11.8. The molecule has 2 aromatic rings. The van der Waals surface area contributed by atoms with Crippen LogP contribution in [0.15, 0.2) is 12.4 Å². The van der Waals surface area contributed by atoms with E-state index < -0.39 is 0 Å². The summed E-state index contributed by atoms with van der Waals surface area (Å²) in [7, 11) is 0. The van der Waals surface area contributed by atoms with Crippen LogP contribution in [0, 0.1) is 5.82 Å². The highest BCUT2D eigenvalue weighted by atomic mass is 19.1. The van der Waals surface area contributed by atoms with E-state index in [0.717, 1.165) is 12.8 Å². The lowest BCUT2D eigenvalue weighted by Crippen LogP contribution is -2.35. The van der Waals surface area contributed by atoms with E-state index in [9.17, 15) is 4.39 Å². The van der Waals surface area contributed by atoms with E-state index >= 15 is 0 Å². The molecule has 0 aromatic carbocycles. The molecule has 2 unspecified atom stereocenters. The number of rotatable bonds is 1. The predicted octanol–water partition coefficient (Wildman–Crippen LogP) is 2.30. The van der Waals surface area contributed by atoms with Crippen molar-refractivity contribution < 1.29 is 4.39 Å². The molecule has 90 valence electrons. The SMILES string of the molecule is CC1CCCC(c2ncc3[nH]cc(F)c3n2)N1. The molecule has 17 heavy (non-hydrogen) atoms. The Hall–Kier alpha value is -1.49. The second-order valence-electron chi connectivity index (χ2n) is 4.68. The topological polar surface area (TPSA) is 53.6 Å². The van der Waals surface area contributed by atoms with Crippen molar-refractivity contribution in [2.24, 2.45) is 0 Å². The van der Waals surface area contributed by atoms with Gasteiger partial charge in [-0.2, -0.15) is 0 Å². The molecule has 2 aromatic heterocycles. The van der Waals surface area contributed by atoms with Crippen molar-refractivity contribution in [3.8, 4) is 0 Å². The third-order valence-electron chi connectivity index (χ3n) is 3.32. The number of H-pyrrole nitrogens is 1. The molecule has 2 N–H and O–H groups in total. The summed E-state index contributed by atoms with van der Waals surface area (Å²) in [4.78, 5) is 11.4. The molecule has 0 radical (unpaired) electrons. The summed E-state index contributed by atoms with van der Waals surface area (Å²) in [5.74, 6) is 0.384. The summed E-state index contributed by atoms with van der Waals surface area (Å²) in [6, 6.07) is 0.626. The first-order valence-corrected chi connectivity index (χ1v) is 5.99. The van der Waals surface area contributed by atoms with Gasteiger partial charge in [0.1, 0.15) is 11.3 Å². The van der Waals surface area contributed by atoms with Crippen LogP contribution in [-0.2, 0) is 0 Å². The smallest absolute Gasteiger partial charge is 0.167 e. The summed E-state index contributed by atoms with van der Waals surface area (Å²) in [5.41, 5.74) is 1.03. The highest BCUT2D eigenvalue weighted by Gasteiger charge is 2.22. The third kappa shape index (κ3) is 1.91. The number of hydrogen-bond donors (Lipinski definition) is 2. The van der Waals surface area contributed by atoms with Crippen molar-refractivity contribution in [1.82, 2.24) is 20.3 Å². The lowest BCUT2D eigenvalue weighted by atomic mass is 9.99. The maximum atomic E-state index is 13.4. The number of piperidine rings is 1. The molecule has 0 amide bonds. The number of aromatic nitrogens is 3. The Morgan fingerprint density at radius 2 is 2.29 bits per heavy atom. The summed E-state index contributed by atoms with van der Waals surface area (Å²) >= 11 is 0. The molecule has 3 rings (SSSR count). The first-order valence-electron chi connectivity index (χ1n) is 5.99. The number of nitrogens with zero attached hydrogens (tertiary/aromatic N) is 2. The first-order chi connectivity index (χ1) is 8.24. The van der Waals surface area contributed by atoms with E-state index in [4.69, 9.17) is 0 Å². The molecule has 1 fully saturated rings. The van der Waals surface area contributed by atoms with Gasteiger partial charge < -0.3 is 10.3 Å². The molecule has 1 saturated heterocycles. The van der Waals surface area contributed by atoms with E-state index in [1.807, 2.05) is 0 Å². The fourth-order valence-electron chi connectivity index (χ4n) is 2.40. The average Bonchev–Trinajstić information content (AvgIpc) is 2.71. The standard InChI is InChI=1S/C12H15FN4/c1-7-3-2-4-9(16-7)12-15-6-10-11(17-12)8(13)5-14-10/h5-7,9,14,16H,2-4H2,1H3. The van der Waals surface area contributed by atoms with Gasteiger partial charge in [0.05, 0.1) is 17.8 Å². The van der Waals surface area contributed by atoms with Gasteiger partial charge in [-0.1, -0.05) is 0 Å². The van der Waals surface area contributed by atoms with Crippen LogP contribution >= 0.6 is 0 Å². The van der Waals surface area contributed by atoms with Gasteiger partial charge in [0.15, 0.2) is 5.82 Å². The van der Waals surface area contributed by atoms with E-state index in [1.54, 1.807) is 6.20 Å². The summed E-state index contributed by atoms with van der Waals surface area (Å²) in [6.45, 7) is 2.15. The molecule has 0 aliphatic carbocycles. The van der Waals surface area contributed by atoms with Crippen molar-refractivity contribution in [2.45, 2.75) is 38.3 Å². The van der Waals surface area contributed by atoms with Gasteiger partial charge in [-0.25, -0.2) is 14.4 Å². The fourth-order valence-corrected chi connectivity index (χ4v) is 2.40. The number of fused-ring (bicyclic) bond motifs is 1. The Morgan fingerprint density at radius 1 is 1.41 bits per heavy atom. The first kappa shape index (κ1) is 10.7. The minimum atomic E-state index is -0.312. The van der Waals surface area contributed by atoms with Crippen LogP contribution in [0.5, 0.6) is 0 Å². The zero-order valence-corrected chi connectivity index (χ0v) is 9.70. The monoisotopic (exact) mass is 234 g/mol. The van der Waals surface area contributed by atoms with Crippen LogP contribution in [0.2, 0.25) is 0 Å². The van der Waals surface area contributed by atoms with Gasteiger partial charge in [-0.05, 0) is 26.2 Å². The van der Waals surface area contributed by atoms with Crippen molar-refractivity contribution >= 4 is 11.0 Å². The number of aromatic amines is 1. The lowest BCUT2D eigenvalue weighted by molar-refractivity contribution is 0.331. The van der Waals surface area contributed by atoms with Gasteiger partial charge in [0.2, 0.25) is 0 Å². The summed E-state index contributed by atoms with van der Waals surface area (Å²) in [6.07, 6.45) is 6.33. The summed E-state index contributed by atoms with van der Waals surface area (Å²) in [5, 5.41) is 3.45. The van der Waals surface area contributed by atoms with Crippen LogP contribution in [-0.4, -0.2) is 21.0 Å². The molecular formula is C12H15FN4. The Balaban J connectivity index is 1.96. The Bertz CT molecular complexity index is 536. The van der Waals surface area contributed by atoms with Gasteiger partial charge in [-0.15, -0.1) is 0 Å². The van der Waals surface area contributed by atoms with Crippen molar-refractivity contribution in [2.75, 3.05) is 0 Å². The maximum absolute atomic E-state index is 13.4. The molecule has 1 aliphatic rings. The van der Waals surface area contributed by atoms with Gasteiger partial charge in [0, 0.05) is 12.2 Å². The number of halogens is 1. The van der Waals surface area contributed by atoms with Crippen molar-refractivity contribution in [3.63, 3.8) is 0 Å². The van der Waals surface area contributed by atoms with E-state index in [0.29, 0.717) is 22.9 Å². The predicted molar refractivity (Wildman–Crippen MR) is 63.0 cm³/mol. The number of hydrogen-bond acceptors (Lipinski definition) is 3. The average molecular weight is 234 g/mol. The molecular weight excluding hydrogens is 219 g/mol. The van der Waals surface area contributed by atoms with Crippen LogP contribution < -0.4 is 5.32 Å². The van der Waals surface area contributed by atoms with Crippen molar-refractivity contribution in [1.29, 1.82) is 0 Å². The molecule has 1 aliphatic heterocycles. The van der Waals surface area contributed by atoms with Crippen molar-refractivity contribution in [3.05, 3.63) is 24.0 Å². The molecule has 5 heteroatoms. The number of nitrogens with one attached hydrogen (secondary N) is 2. The second-order valence-corrected chi connectivity index (χ2v) is 4.68. The van der Waals surface area contributed by atoms with Crippen LogP contribution in [0.1, 0.15) is 38.1 Å². The quantitative estimate of drug-likeness (QED) is 0.796. The molecule has 0 spiro atoms. The Kier molecular flexibility index (Phi) is 2.55. The zero-order valence-electron chi connectivity index (χ0n) is 9.70. The highest BCUT2D eigenvalue weighted by molar-refractivity contribution is 5.74. The minimum absolute atomic E-state index is 0.150. The van der Waals surface area contributed by atoms with Crippen LogP contribution in [0.3, 0.4) is 0 Å². The van der Waals surface area contributed by atoms with E-state index in [-0.39, 0.29) is 11.9 Å². The molecule has 4 nitrogen and oxygen atoms in total. The normalized spacial score (nSPS) is 25.3. The molecule has 2 atom stereocenters. The molecule has 3 heterocycles. The van der Waals surface area contributed by atoms with Crippen LogP contribution in [0.4, 0.5) is 4.39 Å². The Labute approximate surface area is 98.7 Å². The van der Waals surface area contributed by atoms with E-state index in [1.165, 1.54) is 12.6 Å². The highest BCUT2D eigenvalue weighted by Crippen LogP contribution is 2.24. The maximum Gasteiger partial charge on any atom is 0.167 e. The van der Waals surface area contributed by atoms with Crippen LogP contribution in [0.25, 0.3) is 11.0 Å². The Morgan fingerprint density at radius 3 is 3.12 bits per heavy atom. The van der Waals surface area contributed by atoms with Gasteiger partial charge in [-0.3, -0.25) is 0 Å². The third-order valence-corrected chi connectivity index (χ3v) is 3.32. The van der Waals surface area contributed by atoms with Gasteiger partial charge in [0.25, 0.3) is 0 Å². The summed E-state index contributed by atoms with van der Waals surface area (Å²) < 4.78 is 13.4. The largest absolute Gasteiger partial charge is 0.356 e. The molecule has 0 saturated carbocycles. The lowest BCUT2D eigenvalue weighted by Gasteiger charge is -2.27. The fraction of sp³-hybridized carbons (Fsp3) is 0.500. The minimum Gasteiger partial charge on any atom is -0.356 e. The molecule has 0 bridgehead atoms. The van der Waals surface area contributed by atoms with E-state index in [2.05, 4.69) is 27.2 Å². The van der Waals surface area contributed by atoms with Gasteiger partial charge >= 0.3 is 0 Å². The second kappa shape index (κ2) is 4.07.